The zero-order chi connectivity index (χ0) is 19.9. The Morgan fingerprint density at radius 3 is 2.79 bits per heavy atom. The van der Waals surface area contributed by atoms with Crippen LogP contribution in [0.2, 0.25) is 0 Å². The molecule has 0 saturated carbocycles. The van der Waals surface area contributed by atoms with E-state index in [1.54, 1.807) is 11.8 Å². The first-order valence-corrected chi connectivity index (χ1v) is 11.3. The van der Waals surface area contributed by atoms with Crippen molar-refractivity contribution in [1.29, 1.82) is 0 Å². The van der Waals surface area contributed by atoms with Crippen LogP contribution >= 0.6 is 11.8 Å². The number of thioether (sulfide) groups is 1. The molecule has 0 radical (unpaired) electrons. The molecule has 0 aliphatic carbocycles. The van der Waals surface area contributed by atoms with E-state index < -0.39 is 0 Å². The van der Waals surface area contributed by atoms with Crippen LogP contribution in [-0.4, -0.2) is 55.6 Å². The van der Waals surface area contributed by atoms with Crippen LogP contribution in [0.3, 0.4) is 0 Å². The molecule has 2 saturated heterocycles. The van der Waals surface area contributed by atoms with Crippen molar-refractivity contribution < 1.29 is 14.3 Å². The molecule has 0 bridgehead atoms. The van der Waals surface area contributed by atoms with Gasteiger partial charge in [-0.25, -0.2) is 0 Å². The van der Waals surface area contributed by atoms with E-state index in [-0.39, 0.29) is 5.91 Å². The highest BCUT2D eigenvalue weighted by Crippen LogP contribution is 2.27. The average Bonchev–Trinajstić information content (AvgIpc) is 3.27. The molecule has 5 nitrogen and oxygen atoms in total. The van der Waals surface area contributed by atoms with Crippen LogP contribution in [0.5, 0.6) is 0 Å². The van der Waals surface area contributed by atoms with E-state index in [2.05, 4.69) is 22.3 Å². The maximum Gasteiger partial charge on any atom is 0.256 e. The van der Waals surface area contributed by atoms with Gasteiger partial charge < -0.3 is 14.8 Å². The van der Waals surface area contributed by atoms with Crippen LogP contribution in [0.1, 0.15) is 28.8 Å². The molecule has 1 amide bonds. The van der Waals surface area contributed by atoms with Gasteiger partial charge in [-0.3, -0.25) is 9.69 Å². The lowest BCUT2D eigenvalue weighted by molar-refractivity contribution is 0.0342. The van der Waals surface area contributed by atoms with Crippen LogP contribution in [0.25, 0.3) is 0 Å². The molecule has 2 aliphatic heterocycles. The Morgan fingerprint density at radius 1 is 1.10 bits per heavy atom. The summed E-state index contributed by atoms with van der Waals surface area (Å²) in [6, 6.07) is 15.9. The lowest BCUT2D eigenvalue weighted by Gasteiger charge is -2.26. The molecule has 6 heteroatoms. The third-order valence-corrected chi connectivity index (χ3v) is 6.48. The van der Waals surface area contributed by atoms with Crippen molar-refractivity contribution in [2.24, 2.45) is 0 Å². The zero-order valence-electron chi connectivity index (χ0n) is 16.6. The summed E-state index contributed by atoms with van der Waals surface area (Å²) >= 11 is 1.71. The summed E-state index contributed by atoms with van der Waals surface area (Å²) in [6.45, 7) is 5.21. The minimum absolute atomic E-state index is 0.0658. The van der Waals surface area contributed by atoms with Crippen LogP contribution in [0, 0.1) is 0 Å². The van der Waals surface area contributed by atoms with Crippen LogP contribution in [0.4, 0.5) is 5.69 Å². The molecule has 1 atom stereocenters. The lowest BCUT2D eigenvalue weighted by Crippen LogP contribution is -2.35. The van der Waals surface area contributed by atoms with Gasteiger partial charge >= 0.3 is 0 Å². The Kier molecular flexibility index (Phi) is 7.22. The predicted octanol–water partition coefficient (Wildman–Crippen LogP) is 4.04. The number of nitrogens with zero attached hydrogens (tertiary/aromatic N) is 1. The lowest BCUT2D eigenvalue weighted by atomic mass is 10.1. The number of morpholine rings is 1. The second-order valence-electron chi connectivity index (χ2n) is 7.49. The number of carbonyl (C=O) groups excluding carboxylic acids is 1. The minimum Gasteiger partial charge on any atom is -0.379 e. The second-order valence-corrected chi connectivity index (χ2v) is 8.55. The number of benzene rings is 2. The molecule has 154 valence electrons. The van der Waals surface area contributed by atoms with Crippen molar-refractivity contribution in [3.8, 4) is 0 Å². The highest BCUT2D eigenvalue weighted by molar-refractivity contribution is 7.99. The van der Waals surface area contributed by atoms with E-state index in [1.807, 2.05) is 36.4 Å². The molecule has 0 aromatic heterocycles. The van der Waals surface area contributed by atoms with Gasteiger partial charge in [0.05, 0.1) is 24.9 Å². The van der Waals surface area contributed by atoms with Crippen LogP contribution in [0.15, 0.2) is 53.4 Å². The third kappa shape index (κ3) is 5.82. The molecule has 29 heavy (non-hydrogen) atoms. The first kappa shape index (κ1) is 20.4. The Bertz CT molecular complexity index is 817. The summed E-state index contributed by atoms with van der Waals surface area (Å²) in [5.74, 6) is 0.822. The standard InChI is InChI=1S/C23H28N2O3S/c26-23(21-8-1-2-9-22(21)29-17-20-7-4-12-28-20)24-19-6-3-5-18(15-19)16-25-10-13-27-14-11-25/h1-3,5-6,8-9,15,20H,4,7,10-14,16-17H2,(H,24,26). The van der Waals surface area contributed by atoms with Crippen molar-refractivity contribution in [2.45, 2.75) is 30.4 Å². The van der Waals surface area contributed by atoms with Gasteiger partial charge in [0.15, 0.2) is 0 Å². The Balaban J connectivity index is 1.39. The topological polar surface area (TPSA) is 50.8 Å². The summed E-state index contributed by atoms with van der Waals surface area (Å²) in [5, 5.41) is 3.08. The average molecular weight is 413 g/mol. The Labute approximate surface area is 176 Å². The van der Waals surface area contributed by atoms with Crippen molar-refractivity contribution in [3.63, 3.8) is 0 Å². The molecule has 1 N–H and O–H groups in total. The van der Waals surface area contributed by atoms with Crippen molar-refractivity contribution in [1.82, 2.24) is 4.90 Å². The maximum absolute atomic E-state index is 12.9. The minimum atomic E-state index is -0.0658. The fraction of sp³-hybridized carbons (Fsp3) is 0.435. The monoisotopic (exact) mass is 412 g/mol. The van der Waals surface area contributed by atoms with Gasteiger partial charge in [0.1, 0.15) is 0 Å². The number of hydrogen-bond acceptors (Lipinski definition) is 5. The van der Waals surface area contributed by atoms with Gasteiger partial charge in [-0.2, -0.15) is 0 Å². The van der Waals surface area contributed by atoms with Gasteiger partial charge in [0.25, 0.3) is 5.91 Å². The molecular weight excluding hydrogens is 384 g/mol. The molecule has 2 aliphatic rings. The van der Waals surface area contributed by atoms with E-state index in [4.69, 9.17) is 9.47 Å². The molecular formula is C23H28N2O3S. The smallest absolute Gasteiger partial charge is 0.256 e. The molecule has 2 aromatic carbocycles. The highest BCUT2D eigenvalue weighted by Gasteiger charge is 2.18. The number of hydrogen-bond donors (Lipinski definition) is 1. The number of ether oxygens (including phenoxy) is 2. The van der Waals surface area contributed by atoms with Crippen LogP contribution in [-0.2, 0) is 16.0 Å². The van der Waals surface area contributed by atoms with Crippen molar-refractivity contribution >= 4 is 23.4 Å². The van der Waals surface area contributed by atoms with Gasteiger partial charge in [0, 0.05) is 42.6 Å². The summed E-state index contributed by atoms with van der Waals surface area (Å²) in [5.41, 5.74) is 2.75. The van der Waals surface area contributed by atoms with Crippen molar-refractivity contribution in [3.05, 3.63) is 59.7 Å². The fourth-order valence-corrected chi connectivity index (χ4v) is 4.82. The normalized spacial score (nSPS) is 19.9. The molecule has 1 unspecified atom stereocenters. The van der Waals surface area contributed by atoms with Crippen LogP contribution < -0.4 is 5.32 Å². The second kappa shape index (κ2) is 10.3. The summed E-state index contributed by atoms with van der Waals surface area (Å²) in [4.78, 5) is 16.3. The molecule has 2 fully saturated rings. The molecule has 2 heterocycles. The fourth-order valence-electron chi connectivity index (χ4n) is 3.70. The largest absolute Gasteiger partial charge is 0.379 e. The van der Waals surface area contributed by atoms with E-state index in [0.717, 1.165) is 68.6 Å². The SMILES string of the molecule is O=C(Nc1cccc(CN2CCOCC2)c1)c1ccccc1SCC1CCCO1. The van der Waals surface area contributed by atoms with E-state index in [0.29, 0.717) is 11.7 Å². The van der Waals surface area contributed by atoms with Gasteiger partial charge in [-0.05, 0) is 42.7 Å². The van der Waals surface area contributed by atoms with E-state index in [1.165, 1.54) is 5.56 Å². The summed E-state index contributed by atoms with van der Waals surface area (Å²) < 4.78 is 11.1. The number of nitrogens with one attached hydrogen (secondary N) is 1. The summed E-state index contributed by atoms with van der Waals surface area (Å²) in [7, 11) is 0. The van der Waals surface area contributed by atoms with Gasteiger partial charge in [0.2, 0.25) is 0 Å². The Morgan fingerprint density at radius 2 is 1.97 bits per heavy atom. The first-order valence-electron chi connectivity index (χ1n) is 10.3. The predicted molar refractivity (Wildman–Crippen MR) is 117 cm³/mol. The van der Waals surface area contributed by atoms with E-state index in [9.17, 15) is 4.79 Å². The highest BCUT2D eigenvalue weighted by atomic mass is 32.2. The number of carbonyl (C=O) groups is 1. The summed E-state index contributed by atoms with van der Waals surface area (Å²) in [6.07, 6.45) is 2.54. The van der Waals surface area contributed by atoms with Gasteiger partial charge in [-0.15, -0.1) is 11.8 Å². The quantitative estimate of drug-likeness (QED) is 0.696. The maximum atomic E-state index is 12.9. The Hall–Kier alpha value is -1.86. The molecule has 0 spiro atoms. The van der Waals surface area contributed by atoms with E-state index >= 15 is 0 Å². The zero-order valence-corrected chi connectivity index (χ0v) is 17.5. The number of amides is 1. The first-order chi connectivity index (χ1) is 14.3. The van der Waals surface area contributed by atoms with Gasteiger partial charge in [-0.1, -0.05) is 24.3 Å². The number of anilines is 1. The van der Waals surface area contributed by atoms with Crippen molar-refractivity contribution in [2.75, 3.05) is 44.0 Å². The third-order valence-electron chi connectivity index (χ3n) is 5.28. The number of rotatable bonds is 7. The molecule has 4 rings (SSSR count). The molecule has 2 aromatic rings.